The molecule has 0 aromatic heterocycles. The monoisotopic (exact) mass is 893 g/mol. The average molecular weight is 894 g/mol. The van der Waals surface area contributed by atoms with Gasteiger partial charge in [-0.1, -0.05) is 148 Å². The van der Waals surface area contributed by atoms with Crippen molar-refractivity contribution in [3.05, 3.63) is 219 Å². The Bertz CT molecular complexity index is 3390. The molecule has 0 spiro atoms. The Morgan fingerprint density at radius 3 is 1.10 bits per heavy atom. The van der Waals surface area contributed by atoms with Crippen LogP contribution in [0, 0.1) is 48.5 Å². The molecule has 9 aromatic rings. The van der Waals surface area contributed by atoms with Gasteiger partial charge < -0.3 is 9.64 Å². The number of benzene rings is 9. The first-order valence-electron chi connectivity index (χ1n) is 24.7. The Morgan fingerprint density at radius 1 is 0.333 bits per heavy atom. The van der Waals surface area contributed by atoms with Gasteiger partial charge in [0.15, 0.2) is 11.5 Å². The summed E-state index contributed by atoms with van der Waals surface area (Å²) in [6.45, 7) is 25.2. The van der Waals surface area contributed by atoms with Gasteiger partial charge >= 0.3 is 0 Å². The Balaban J connectivity index is 1.10. The van der Waals surface area contributed by atoms with E-state index >= 15 is 0 Å². The molecule has 0 atom stereocenters. The molecule has 0 radical (unpaired) electrons. The van der Waals surface area contributed by atoms with Gasteiger partial charge in [-0.15, -0.1) is 0 Å². The van der Waals surface area contributed by atoms with Gasteiger partial charge in [0, 0.05) is 22.0 Å². The fourth-order valence-electron chi connectivity index (χ4n) is 12.8. The van der Waals surface area contributed by atoms with Crippen molar-refractivity contribution in [1.82, 2.24) is 0 Å². The molecule has 1 heterocycles. The summed E-state index contributed by atoms with van der Waals surface area (Å²) in [6, 6.07) is 59.8. The van der Waals surface area contributed by atoms with E-state index in [2.05, 4.69) is 239 Å². The van der Waals surface area contributed by atoms with E-state index in [-0.39, 0.29) is 10.8 Å². The van der Waals surface area contributed by atoms with E-state index in [9.17, 15) is 0 Å². The zero-order chi connectivity index (χ0) is 47.8. The van der Waals surface area contributed by atoms with Crippen LogP contribution in [0.4, 0.5) is 17.1 Å². The minimum atomic E-state index is -0.106. The van der Waals surface area contributed by atoms with Crippen LogP contribution in [0.25, 0.3) is 66.8 Å². The third kappa shape index (κ3) is 6.52. The summed E-state index contributed by atoms with van der Waals surface area (Å²) < 4.78 is 7.32. The molecule has 0 saturated carbocycles. The molecule has 3 aliphatic rings. The van der Waals surface area contributed by atoms with E-state index in [0.29, 0.717) is 0 Å². The highest BCUT2D eigenvalue weighted by atomic mass is 16.5. The normalized spacial score (nSPS) is 14.3. The minimum absolute atomic E-state index is 0.106. The smallest absolute Gasteiger partial charge is 0.152 e. The zero-order valence-corrected chi connectivity index (χ0v) is 41.9. The number of hydrogen-bond donors (Lipinski definition) is 0. The largest absolute Gasteiger partial charge is 0.453 e. The molecular weight excluding hydrogens is 835 g/mol. The van der Waals surface area contributed by atoms with E-state index in [0.717, 1.165) is 39.7 Å². The van der Waals surface area contributed by atoms with Gasteiger partial charge in [0.05, 0.1) is 17.1 Å². The molecule has 9 aromatic carbocycles. The predicted octanol–water partition coefficient (Wildman–Crippen LogP) is 18.7. The highest BCUT2D eigenvalue weighted by Crippen LogP contribution is 2.58. The molecule has 0 unspecified atom stereocenters. The fraction of sp³-hybridized carbons (Fsp3) is 0.194. The highest BCUT2D eigenvalue weighted by molar-refractivity contribution is 6.03. The number of rotatable bonds is 5. The second-order valence-electron chi connectivity index (χ2n) is 21.4. The topological polar surface area (TPSA) is 12.5 Å². The van der Waals surface area contributed by atoms with E-state index in [1.807, 2.05) is 0 Å². The van der Waals surface area contributed by atoms with Crippen LogP contribution in [-0.2, 0) is 10.8 Å². The molecular formula is C67H59NO. The van der Waals surface area contributed by atoms with E-state index in [1.165, 1.54) is 117 Å². The predicted molar refractivity (Wildman–Crippen MR) is 291 cm³/mol. The fourth-order valence-corrected chi connectivity index (χ4v) is 12.8. The lowest BCUT2D eigenvalue weighted by atomic mass is 9.81. The first-order chi connectivity index (χ1) is 33.1. The van der Waals surface area contributed by atoms with Gasteiger partial charge in [-0.05, 0) is 203 Å². The van der Waals surface area contributed by atoms with Gasteiger partial charge in [-0.25, -0.2) is 0 Å². The van der Waals surface area contributed by atoms with Crippen molar-refractivity contribution in [3.8, 4) is 78.3 Å². The number of aryl methyl sites for hydroxylation is 7. The summed E-state index contributed by atoms with van der Waals surface area (Å²) in [5.74, 6) is 1.66. The molecule has 2 heteroatoms. The van der Waals surface area contributed by atoms with E-state index in [1.54, 1.807) is 0 Å². The minimum Gasteiger partial charge on any atom is -0.453 e. The molecule has 1 aliphatic heterocycles. The van der Waals surface area contributed by atoms with Crippen LogP contribution in [0.3, 0.4) is 0 Å². The summed E-state index contributed by atoms with van der Waals surface area (Å²) in [7, 11) is 0. The summed E-state index contributed by atoms with van der Waals surface area (Å²) in [5.41, 5.74) is 32.2. The number of nitrogens with zero attached hydrogens (tertiary/aromatic N) is 1. The number of anilines is 3. The Morgan fingerprint density at radius 2 is 0.681 bits per heavy atom. The molecule has 69 heavy (non-hydrogen) atoms. The average Bonchev–Trinajstić information content (AvgIpc) is 3.68. The van der Waals surface area contributed by atoms with Gasteiger partial charge in [-0.3, -0.25) is 0 Å². The second-order valence-corrected chi connectivity index (χ2v) is 21.4. The maximum absolute atomic E-state index is 7.32. The third-order valence-corrected chi connectivity index (χ3v) is 15.8. The molecule has 0 bridgehead atoms. The third-order valence-electron chi connectivity index (χ3n) is 15.8. The molecule has 0 amide bonds. The van der Waals surface area contributed by atoms with Gasteiger partial charge in [0.2, 0.25) is 0 Å². The van der Waals surface area contributed by atoms with Crippen molar-refractivity contribution in [2.45, 2.75) is 87.0 Å². The zero-order valence-electron chi connectivity index (χ0n) is 41.9. The van der Waals surface area contributed by atoms with E-state index < -0.39 is 0 Å². The number of ether oxygens (including phenoxy) is 1. The molecule has 0 N–H and O–H groups in total. The van der Waals surface area contributed by atoms with Gasteiger partial charge in [-0.2, -0.15) is 0 Å². The maximum atomic E-state index is 7.32. The van der Waals surface area contributed by atoms with Crippen LogP contribution >= 0.6 is 0 Å². The van der Waals surface area contributed by atoms with Crippen LogP contribution in [-0.4, -0.2) is 0 Å². The van der Waals surface area contributed by atoms with Crippen molar-refractivity contribution >= 4 is 17.1 Å². The van der Waals surface area contributed by atoms with Crippen molar-refractivity contribution < 1.29 is 4.74 Å². The SMILES string of the molecule is Cc1cc(C)c(-c2cc(C)cc(-c3c(C)cc(C)cc3C)c2N2c3ccc(-c4ccc5c(c4)C(C)(C)c4ccccc4-5)cc3Oc3cc(-c4ccc5c(c4)C(C)(C)c4ccccc4-5)ccc32)c(C)c1. The molecule has 0 saturated heterocycles. The maximum Gasteiger partial charge on any atom is 0.152 e. The molecule has 12 rings (SSSR count). The first-order valence-corrected chi connectivity index (χ1v) is 24.7. The lowest BCUT2D eigenvalue weighted by Crippen LogP contribution is -2.18. The van der Waals surface area contributed by atoms with Crippen molar-refractivity contribution in [2.24, 2.45) is 0 Å². The van der Waals surface area contributed by atoms with Crippen LogP contribution in [0.1, 0.15) is 88.9 Å². The number of fused-ring (bicyclic) bond motifs is 8. The number of hydrogen-bond acceptors (Lipinski definition) is 2. The Kier molecular flexibility index (Phi) is 9.51. The molecule has 2 nitrogen and oxygen atoms in total. The van der Waals surface area contributed by atoms with Crippen LogP contribution < -0.4 is 9.64 Å². The van der Waals surface area contributed by atoms with Crippen molar-refractivity contribution in [1.29, 1.82) is 0 Å². The van der Waals surface area contributed by atoms with Gasteiger partial charge in [0.25, 0.3) is 0 Å². The summed E-state index contributed by atoms with van der Waals surface area (Å²) >= 11 is 0. The van der Waals surface area contributed by atoms with E-state index in [4.69, 9.17) is 4.74 Å². The van der Waals surface area contributed by atoms with Crippen molar-refractivity contribution in [2.75, 3.05) is 4.90 Å². The summed E-state index contributed by atoms with van der Waals surface area (Å²) in [4.78, 5) is 2.52. The van der Waals surface area contributed by atoms with Crippen molar-refractivity contribution in [3.63, 3.8) is 0 Å². The van der Waals surface area contributed by atoms with Crippen LogP contribution in [0.5, 0.6) is 11.5 Å². The first kappa shape index (κ1) is 42.9. The lowest BCUT2D eigenvalue weighted by Gasteiger charge is -2.37. The second kappa shape index (κ2) is 15.3. The van der Waals surface area contributed by atoms with Crippen LogP contribution in [0.2, 0.25) is 0 Å². The summed E-state index contributed by atoms with van der Waals surface area (Å²) in [6.07, 6.45) is 0. The Labute approximate surface area is 408 Å². The molecule has 2 aliphatic carbocycles. The quantitative estimate of drug-likeness (QED) is 0.171. The lowest BCUT2D eigenvalue weighted by molar-refractivity contribution is 0.477. The highest BCUT2D eigenvalue weighted by Gasteiger charge is 2.38. The Hall–Kier alpha value is -7.42. The molecule has 338 valence electrons. The van der Waals surface area contributed by atoms with Gasteiger partial charge in [0.1, 0.15) is 0 Å². The summed E-state index contributed by atoms with van der Waals surface area (Å²) in [5, 5.41) is 0. The van der Waals surface area contributed by atoms with Crippen LogP contribution in [0.15, 0.2) is 158 Å². The standard InChI is InChI=1S/C67H59NO/c1-38-28-41(4)63(42(5)29-38)53-32-40(3)33-54(64-43(6)30-39(2)31-44(64)7)65(53)68-59-26-22-47(45-20-24-51-49-16-12-14-18-55(49)66(8,9)57(51)34-45)36-61(59)69-62-37-48(23-27-60(62)68)46-21-25-52-50-17-13-15-19-56(50)67(10,11)58(52)35-46/h12-37H,1-11H3. The molecule has 0 fully saturated rings.